The first kappa shape index (κ1) is 11.8. The zero-order valence-electron chi connectivity index (χ0n) is 7.78. The van der Waals surface area contributed by atoms with Gasteiger partial charge in [0.25, 0.3) is 0 Å². The van der Waals surface area contributed by atoms with Crippen molar-refractivity contribution in [1.82, 2.24) is 0 Å². The second kappa shape index (κ2) is 5.54. The van der Waals surface area contributed by atoms with Crippen LogP contribution in [0.1, 0.15) is 5.56 Å². The lowest BCUT2D eigenvalue weighted by atomic mass is 10.2. The Labute approximate surface area is 91.7 Å². The Kier molecular flexibility index (Phi) is 4.35. The van der Waals surface area contributed by atoms with Crippen molar-refractivity contribution < 1.29 is 14.2 Å². The number of aliphatic hydroxyl groups excluding tert-OH is 1. The Morgan fingerprint density at radius 2 is 2.33 bits per heavy atom. The number of nitrogens with zero attached hydrogens (tertiary/aromatic N) is 1. The number of hydrogen-bond donors (Lipinski definition) is 1. The normalized spacial score (nSPS) is 11.9. The molecule has 0 aromatic heterocycles. The van der Waals surface area contributed by atoms with Crippen molar-refractivity contribution in [3.8, 4) is 11.8 Å². The smallest absolute Gasteiger partial charge is 0.166 e. The van der Waals surface area contributed by atoms with Crippen molar-refractivity contribution in [1.29, 1.82) is 5.26 Å². The first-order valence-electron chi connectivity index (χ1n) is 4.24. The third-order valence-corrected chi connectivity index (χ3v) is 2.03. The van der Waals surface area contributed by atoms with Crippen LogP contribution in [0.2, 0.25) is 0 Å². The van der Waals surface area contributed by atoms with E-state index in [0.29, 0.717) is 0 Å². The molecule has 80 valence electrons. The van der Waals surface area contributed by atoms with Crippen molar-refractivity contribution in [2.24, 2.45) is 0 Å². The van der Waals surface area contributed by atoms with E-state index in [0.717, 1.165) is 6.07 Å². The van der Waals surface area contributed by atoms with E-state index in [9.17, 15) is 4.39 Å². The van der Waals surface area contributed by atoms with E-state index >= 15 is 0 Å². The second-order valence-corrected chi connectivity index (χ2v) is 3.18. The molecule has 1 unspecified atom stereocenters. The first-order chi connectivity index (χ1) is 7.17. The summed E-state index contributed by atoms with van der Waals surface area (Å²) < 4.78 is 18.2. The molecule has 0 saturated carbocycles. The molecule has 0 aliphatic rings. The summed E-state index contributed by atoms with van der Waals surface area (Å²) in [7, 11) is 0. The highest BCUT2D eigenvalue weighted by Crippen LogP contribution is 2.18. The molecule has 0 bridgehead atoms. The van der Waals surface area contributed by atoms with Gasteiger partial charge in [0, 0.05) is 0 Å². The van der Waals surface area contributed by atoms with Crippen LogP contribution in [0.25, 0.3) is 0 Å². The van der Waals surface area contributed by atoms with Gasteiger partial charge in [0.2, 0.25) is 0 Å². The van der Waals surface area contributed by atoms with E-state index < -0.39 is 11.9 Å². The average molecular weight is 230 g/mol. The van der Waals surface area contributed by atoms with Gasteiger partial charge in [0.05, 0.1) is 17.5 Å². The zero-order chi connectivity index (χ0) is 11.3. The summed E-state index contributed by atoms with van der Waals surface area (Å²) in [6.45, 7) is -0.0771. The molecule has 0 spiro atoms. The fraction of sp³-hybridized carbons (Fsp3) is 0.300. The molecular weight excluding hydrogens is 221 g/mol. The number of benzene rings is 1. The summed E-state index contributed by atoms with van der Waals surface area (Å²) >= 11 is 5.34. The lowest BCUT2D eigenvalue weighted by Gasteiger charge is -2.10. The maximum absolute atomic E-state index is 13.2. The number of aliphatic hydroxyl groups is 1. The van der Waals surface area contributed by atoms with E-state index in [1.54, 1.807) is 6.07 Å². The first-order valence-corrected chi connectivity index (χ1v) is 4.77. The summed E-state index contributed by atoms with van der Waals surface area (Å²) in [6, 6.07) is 5.65. The summed E-state index contributed by atoms with van der Waals surface area (Å²) in [6.07, 6.45) is -0.832. The van der Waals surface area contributed by atoms with Gasteiger partial charge < -0.3 is 9.84 Å². The molecule has 0 aliphatic carbocycles. The Hall–Kier alpha value is -1.31. The Morgan fingerprint density at radius 1 is 1.60 bits per heavy atom. The van der Waals surface area contributed by atoms with Gasteiger partial charge in [-0.05, 0) is 18.2 Å². The molecular formula is C10H9ClFNO2. The third-order valence-electron chi connectivity index (χ3n) is 1.67. The minimum absolute atomic E-state index is 0.00170. The van der Waals surface area contributed by atoms with E-state index in [-0.39, 0.29) is 23.8 Å². The van der Waals surface area contributed by atoms with E-state index in [4.69, 9.17) is 26.7 Å². The zero-order valence-corrected chi connectivity index (χ0v) is 8.54. The Morgan fingerprint density at radius 3 is 2.87 bits per heavy atom. The van der Waals surface area contributed by atoms with Gasteiger partial charge in [-0.3, -0.25) is 0 Å². The van der Waals surface area contributed by atoms with Crippen molar-refractivity contribution >= 4 is 11.6 Å². The maximum atomic E-state index is 13.2. The number of hydrogen-bond acceptors (Lipinski definition) is 3. The predicted molar refractivity (Wildman–Crippen MR) is 53.3 cm³/mol. The van der Waals surface area contributed by atoms with Crippen LogP contribution >= 0.6 is 11.6 Å². The quantitative estimate of drug-likeness (QED) is 0.800. The molecule has 1 aromatic carbocycles. The van der Waals surface area contributed by atoms with Crippen molar-refractivity contribution in [2.75, 3.05) is 12.5 Å². The molecule has 1 rings (SSSR count). The monoisotopic (exact) mass is 229 g/mol. The van der Waals surface area contributed by atoms with Gasteiger partial charge in [-0.25, -0.2) is 4.39 Å². The van der Waals surface area contributed by atoms with Crippen LogP contribution < -0.4 is 4.74 Å². The lowest BCUT2D eigenvalue weighted by Crippen LogP contribution is -2.19. The van der Waals surface area contributed by atoms with Crippen LogP contribution in [-0.4, -0.2) is 23.7 Å². The van der Waals surface area contributed by atoms with Gasteiger partial charge in [-0.15, -0.1) is 11.6 Å². The van der Waals surface area contributed by atoms with Crippen molar-refractivity contribution in [3.05, 3.63) is 29.6 Å². The van der Waals surface area contributed by atoms with Crippen LogP contribution in [0.15, 0.2) is 18.2 Å². The van der Waals surface area contributed by atoms with E-state index in [1.165, 1.54) is 12.1 Å². The summed E-state index contributed by atoms with van der Waals surface area (Å²) in [5.41, 5.74) is 0.220. The second-order valence-electron chi connectivity index (χ2n) is 2.88. The summed E-state index contributed by atoms with van der Waals surface area (Å²) in [4.78, 5) is 0. The Bertz CT molecular complexity index is 378. The topological polar surface area (TPSA) is 53.2 Å². The van der Waals surface area contributed by atoms with Gasteiger partial charge in [0.15, 0.2) is 11.6 Å². The summed E-state index contributed by atoms with van der Waals surface area (Å²) in [5, 5.41) is 17.6. The largest absolute Gasteiger partial charge is 0.488 e. The van der Waals surface area contributed by atoms with Crippen LogP contribution in [0.3, 0.4) is 0 Å². The molecule has 5 heteroatoms. The van der Waals surface area contributed by atoms with Crippen molar-refractivity contribution in [3.63, 3.8) is 0 Å². The van der Waals surface area contributed by atoms with Gasteiger partial charge in [0.1, 0.15) is 12.7 Å². The highest BCUT2D eigenvalue weighted by molar-refractivity contribution is 6.18. The lowest BCUT2D eigenvalue weighted by molar-refractivity contribution is 0.122. The van der Waals surface area contributed by atoms with Crippen LogP contribution in [0.5, 0.6) is 5.75 Å². The minimum Gasteiger partial charge on any atom is -0.488 e. The molecule has 3 nitrogen and oxygen atoms in total. The fourth-order valence-electron chi connectivity index (χ4n) is 0.918. The standard InChI is InChI=1S/C10H9ClFNO2/c11-4-8(14)6-15-10-2-1-7(5-13)3-9(10)12/h1-3,8,14H,4,6H2. The maximum Gasteiger partial charge on any atom is 0.166 e. The van der Waals surface area contributed by atoms with Gasteiger partial charge >= 0.3 is 0 Å². The Balaban J connectivity index is 2.67. The molecule has 15 heavy (non-hydrogen) atoms. The number of nitriles is 1. The molecule has 0 aliphatic heterocycles. The van der Waals surface area contributed by atoms with E-state index in [2.05, 4.69) is 0 Å². The SMILES string of the molecule is N#Cc1ccc(OCC(O)CCl)c(F)c1. The average Bonchev–Trinajstić information content (AvgIpc) is 2.26. The molecule has 1 N–H and O–H groups in total. The molecule has 0 amide bonds. The summed E-state index contributed by atoms with van der Waals surface area (Å²) in [5.74, 6) is -0.605. The van der Waals surface area contributed by atoms with E-state index in [1.807, 2.05) is 0 Å². The number of rotatable bonds is 4. The number of ether oxygens (including phenoxy) is 1. The van der Waals surface area contributed by atoms with Crippen LogP contribution in [0, 0.1) is 17.1 Å². The van der Waals surface area contributed by atoms with Crippen molar-refractivity contribution in [2.45, 2.75) is 6.10 Å². The molecule has 0 radical (unpaired) electrons. The molecule has 1 aromatic rings. The molecule has 0 fully saturated rings. The number of halogens is 2. The molecule has 0 heterocycles. The fourth-order valence-corrected chi connectivity index (χ4v) is 1.01. The highest BCUT2D eigenvalue weighted by Gasteiger charge is 2.07. The van der Waals surface area contributed by atoms with Gasteiger partial charge in [-0.1, -0.05) is 0 Å². The molecule has 1 atom stereocenters. The van der Waals surface area contributed by atoms with Crippen LogP contribution in [0.4, 0.5) is 4.39 Å². The molecule has 0 saturated heterocycles. The minimum atomic E-state index is -0.832. The van der Waals surface area contributed by atoms with Gasteiger partial charge in [-0.2, -0.15) is 5.26 Å². The number of alkyl halides is 1. The third kappa shape index (κ3) is 3.39. The highest BCUT2D eigenvalue weighted by atomic mass is 35.5. The predicted octanol–water partition coefficient (Wildman–Crippen LogP) is 1.68. The van der Waals surface area contributed by atoms with Crippen LogP contribution in [-0.2, 0) is 0 Å².